The molecule has 0 bridgehead atoms. The van der Waals surface area contributed by atoms with Crippen molar-refractivity contribution in [2.75, 3.05) is 6.61 Å². The molecule has 0 aromatic carbocycles. The molecular weight excluding hydrogens is 316 g/mol. The average molecular weight is 340 g/mol. The minimum absolute atomic E-state index is 0.195. The number of hydrogen-bond donors (Lipinski definition) is 8. The largest absolute Gasteiger partial charge is 0.480 e. The van der Waals surface area contributed by atoms with Gasteiger partial charge in [0.15, 0.2) is 6.29 Å². The van der Waals surface area contributed by atoms with Crippen molar-refractivity contribution in [3.05, 3.63) is 0 Å². The van der Waals surface area contributed by atoms with Crippen LogP contribution in [0.5, 0.6) is 0 Å². The first-order chi connectivity index (χ1) is 10.6. The lowest BCUT2D eigenvalue weighted by molar-refractivity contribution is -0.286. The molecule has 1 unspecified atom stereocenters. The highest BCUT2D eigenvalue weighted by molar-refractivity contribution is 5.74. The van der Waals surface area contributed by atoms with Crippen LogP contribution in [-0.4, -0.2) is 85.9 Å². The molecular formula is C12H24N2O9. The number of hydrogen-bond acceptors (Lipinski definition) is 9. The number of carbonyl (C=O) groups excluding carboxylic acids is 1. The molecule has 1 heterocycles. The Morgan fingerprint density at radius 3 is 2.09 bits per heavy atom. The number of ether oxygens (including phenoxy) is 1. The first kappa shape index (κ1) is 21.7. The number of rotatable bonds is 6. The maximum Gasteiger partial charge on any atom is 0.320 e. The van der Waals surface area contributed by atoms with E-state index in [1.54, 1.807) is 0 Å². The molecule has 0 aromatic heterocycles. The Morgan fingerprint density at radius 1 is 1.09 bits per heavy atom. The number of carbonyl (C=O) groups is 2. The van der Waals surface area contributed by atoms with E-state index in [-0.39, 0.29) is 12.8 Å². The van der Waals surface area contributed by atoms with Crippen molar-refractivity contribution in [2.45, 2.75) is 56.0 Å². The number of amides is 1. The van der Waals surface area contributed by atoms with Gasteiger partial charge >= 0.3 is 5.97 Å². The van der Waals surface area contributed by atoms with Gasteiger partial charge in [-0.1, -0.05) is 0 Å². The number of carboxylic acid groups (broad SMARTS) is 1. The fraction of sp³-hybridized carbons (Fsp3) is 0.833. The number of nitrogens with two attached hydrogens (primary N) is 2. The number of aliphatic carboxylic acids is 1. The minimum Gasteiger partial charge on any atom is -0.480 e. The fourth-order valence-corrected chi connectivity index (χ4v) is 1.70. The minimum atomic E-state index is -1.57. The maximum atomic E-state index is 10.2. The van der Waals surface area contributed by atoms with E-state index in [4.69, 9.17) is 42.1 Å². The number of aliphatic hydroxyl groups is 5. The van der Waals surface area contributed by atoms with Crippen molar-refractivity contribution in [1.82, 2.24) is 0 Å². The zero-order valence-corrected chi connectivity index (χ0v) is 12.4. The third-order valence-electron chi connectivity index (χ3n) is 3.12. The number of aliphatic hydroxyl groups excluding tert-OH is 5. The van der Waals surface area contributed by atoms with Crippen molar-refractivity contribution in [1.29, 1.82) is 0 Å². The van der Waals surface area contributed by atoms with E-state index in [0.29, 0.717) is 6.42 Å². The Labute approximate surface area is 132 Å². The molecule has 1 amide bonds. The molecule has 136 valence electrons. The van der Waals surface area contributed by atoms with Gasteiger partial charge in [0.2, 0.25) is 5.91 Å². The summed E-state index contributed by atoms with van der Waals surface area (Å²) in [5.74, 6) is -1.47. The van der Waals surface area contributed by atoms with Gasteiger partial charge < -0.3 is 46.8 Å². The smallest absolute Gasteiger partial charge is 0.320 e. The third kappa shape index (κ3) is 7.65. The van der Waals surface area contributed by atoms with Crippen molar-refractivity contribution >= 4 is 11.9 Å². The molecule has 1 rings (SSSR count). The molecule has 11 nitrogen and oxygen atoms in total. The van der Waals surface area contributed by atoms with Crippen LogP contribution in [0.25, 0.3) is 0 Å². The van der Waals surface area contributed by atoms with Crippen LogP contribution in [0.15, 0.2) is 0 Å². The van der Waals surface area contributed by atoms with Gasteiger partial charge in [0.05, 0.1) is 6.61 Å². The fourth-order valence-electron chi connectivity index (χ4n) is 1.70. The molecule has 0 saturated carbocycles. The first-order valence-electron chi connectivity index (χ1n) is 6.87. The molecule has 10 N–H and O–H groups in total. The SMILES string of the molecule is NC(=O)CCC[C@H](N)C(=O)O.OC[C@H]1OC(O)[C@H](O)[C@@H](O)[C@@H]1O. The standard InChI is InChI=1S/C6H12N2O3.C6H12O6/c7-4(6(10)11)2-1-3-5(8)9;7-1-2-3(8)4(9)5(10)6(11)12-2/h4H,1-3,7H2,(H2,8,9)(H,10,11);2-11H,1H2/t4-;2-,3-,4+,5-,6?/m01/s1. The van der Waals surface area contributed by atoms with Crippen LogP contribution in [0.4, 0.5) is 0 Å². The van der Waals surface area contributed by atoms with Crippen molar-refractivity contribution in [3.8, 4) is 0 Å². The topological polar surface area (TPSA) is 217 Å². The molecule has 0 spiro atoms. The zero-order chi connectivity index (χ0) is 18.2. The van der Waals surface area contributed by atoms with E-state index in [2.05, 4.69) is 4.74 Å². The summed E-state index contributed by atoms with van der Waals surface area (Å²) in [5.41, 5.74) is 9.98. The second-order valence-electron chi connectivity index (χ2n) is 5.02. The van der Waals surface area contributed by atoms with Crippen molar-refractivity contribution < 1.29 is 45.0 Å². The molecule has 1 aliphatic heterocycles. The normalized spacial score (nSPS) is 31.7. The van der Waals surface area contributed by atoms with Crippen LogP contribution >= 0.6 is 0 Å². The lowest BCUT2D eigenvalue weighted by atomic mass is 10.00. The van der Waals surface area contributed by atoms with Crippen LogP contribution < -0.4 is 11.5 Å². The van der Waals surface area contributed by atoms with Gasteiger partial charge in [0, 0.05) is 6.42 Å². The van der Waals surface area contributed by atoms with Crippen LogP contribution in [0.3, 0.4) is 0 Å². The van der Waals surface area contributed by atoms with Gasteiger partial charge in [-0.25, -0.2) is 0 Å². The maximum absolute atomic E-state index is 10.2. The molecule has 0 radical (unpaired) electrons. The summed E-state index contributed by atoms with van der Waals surface area (Å²) in [6.45, 7) is -0.526. The molecule has 6 atom stereocenters. The van der Waals surface area contributed by atoms with Crippen LogP contribution in [0.2, 0.25) is 0 Å². The van der Waals surface area contributed by atoms with Gasteiger partial charge in [0.25, 0.3) is 0 Å². The number of primary amides is 1. The Hall–Kier alpha value is -1.34. The van der Waals surface area contributed by atoms with E-state index >= 15 is 0 Å². The molecule has 1 fully saturated rings. The van der Waals surface area contributed by atoms with Gasteiger partial charge in [-0.15, -0.1) is 0 Å². The molecule has 0 aromatic rings. The summed E-state index contributed by atoms with van der Waals surface area (Å²) in [6, 6.07) is -0.880. The monoisotopic (exact) mass is 340 g/mol. The Balaban J connectivity index is 0.000000423. The highest BCUT2D eigenvalue weighted by atomic mass is 16.6. The highest BCUT2D eigenvalue weighted by Crippen LogP contribution is 2.18. The van der Waals surface area contributed by atoms with Gasteiger partial charge in [0.1, 0.15) is 30.5 Å². The van der Waals surface area contributed by atoms with Crippen LogP contribution in [0.1, 0.15) is 19.3 Å². The molecule has 23 heavy (non-hydrogen) atoms. The quantitative estimate of drug-likeness (QED) is 0.233. The summed E-state index contributed by atoms with van der Waals surface area (Å²) in [4.78, 5) is 20.3. The summed E-state index contributed by atoms with van der Waals surface area (Å²) >= 11 is 0. The van der Waals surface area contributed by atoms with E-state index < -0.39 is 55.2 Å². The third-order valence-corrected chi connectivity index (χ3v) is 3.12. The van der Waals surface area contributed by atoms with Crippen molar-refractivity contribution in [3.63, 3.8) is 0 Å². The first-order valence-corrected chi connectivity index (χ1v) is 6.87. The number of carboxylic acids is 1. The van der Waals surface area contributed by atoms with Crippen LogP contribution in [-0.2, 0) is 14.3 Å². The Bertz CT molecular complexity index is 377. The predicted molar refractivity (Wildman–Crippen MR) is 74.6 cm³/mol. The highest BCUT2D eigenvalue weighted by Gasteiger charge is 2.42. The molecule has 11 heteroatoms. The summed E-state index contributed by atoms with van der Waals surface area (Å²) in [5, 5.41) is 53.0. The van der Waals surface area contributed by atoms with E-state index in [0.717, 1.165) is 0 Å². The summed E-state index contributed by atoms with van der Waals surface area (Å²) < 4.78 is 4.58. The average Bonchev–Trinajstić information content (AvgIpc) is 2.48. The van der Waals surface area contributed by atoms with Gasteiger partial charge in [-0.05, 0) is 12.8 Å². The Morgan fingerprint density at radius 2 is 1.65 bits per heavy atom. The molecule has 1 saturated heterocycles. The van der Waals surface area contributed by atoms with Gasteiger partial charge in [-0.3, -0.25) is 9.59 Å². The second kappa shape index (κ2) is 10.4. The lowest BCUT2D eigenvalue weighted by Gasteiger charge is -2.37. The van der Waals surface area contributed by atoms with Crippen LogP contribution in [0, 0.1) is 0 Å². The summed E-state index contributed by atoms with van der Waals surface area (Å²) in [6.07, 6.45) is -6.12. The summed E-state index contributed by atoms with van der Waals surface area (Å²) in [7, 11) is 0. The molecule has 1 aliphatic rings. The predicted octanol–water partition coefficient (Wildman–Crippen LogP) is -4.17. The second-order valence-corrected chi connectivity index (χ2v) is 5.02. The Kier molecular flexibility index (Phi) is 9.83. The van der Waals surface area contributed by atoms with E-state index in [1.807, 2.05) is 0 Å². The van der Waals surface area contributed by atoms with E-state index in [1.165, 1.54) is 0 Å². The van der Waals surface area contributed by atoms with E-state index in [9.17, 15) is 9.59 Å². The molecule has 0 aliphatic carbocycles. The van der Waals surface area contributed by atoms with Crippen molar-refractivity contribution in [2.24, 2.45) is 11.5 Å². The lowest BCUT2D eigenvalue weighted by Crippen LogP contribution is -2.58. The zero-order valence-electron chi connectivity index (χ0n) is 12.4. The van der Waals surface area contributed by atoms with Gasteiger partial charge in [-0.2, -0.15) is 0 Å².